The first-order valence-electron chi connectivity index (χ1n) is 6.87. The van der Waals surface area contributed by atoms with Gasteiger partial charge >= 0.3 is 0 Å². The van der Waals surface area contributed by atoms with E-state index in [1.54, 1.807) is 37.2 Å². The highest BCUT2D eigenvalue weighted by Crippen LogP contribution is 2.36. The Morgan fingerprint density at radius 2 is 1.55 bits per heavy atom. The van der Waals surface area contributed by atoms with Crippen LogP contribution in [0.2, 0.25) is 0 Å². The fraction of sp³-hybridized carbons (Fsp3) is 0.235. The van der Waals surface area contributed by atoms with Crippen molar-refractivity contribution in [2.24, 2.45) is 0 Å². The quantitative estimate of drug-likeness (QED) is 0.849. The van der Waals surface area contributed by atoms with Crippen molar-refractivity contribution in [3.8, 4) is 11.5 Å². The average molecular weight is 300 g/mol. The fourth-order valence-corrected chi connectivity index (χ4v) is 2.24. The number of hydrogen-bond acceptors (Lipinski definition) is 5. The summed E-state index contributed by atoms with van der Waals surface area (Å²) in [5.74, 6) is -0.624. The highest BCUT2D eigenvalue weighted by molar-refractivity contribution is 6.15. The number of phenolic OH excluding ortho intramolecular Hbond substituents is 2. The standard InChI is InChI=1S/C17H20N2O3/c1-18(2)11-9-13(19(3)4)16(15(21)10-11)17(22)12-7-5-6-8-14(12)20/h5-10,20-21H,1-4H3. The third-order valence-electron chi connectivity index (χ3n) is 3.46. The number of nitrogens with zero attached hydrogens (tertiary/aromatic N) is 2. The maximum absolute atomic E-state index is 12.7. The number of rotatable bonds is 4. The number of aromatic hydroxyl groups is 2. The van der Waals surface area contributed by atoms with Crippen LogP contribution in [0.1, 0.15) is 15.9 Å². The number of benzene rings is 2. The fourth-order valence-electron chi connectivity index (χ4n) is 2.24. The van der Waals surface area contributed by atoms with Gasteiger partial charge in [-0.3, -0.25) is 4.79 Å². The summed E-state index contributed by atoms with van der Waals surface area (Å²) in [6, 6.07) is 9.68. The molecule has 5 nitrogen and oxygen atoms in total. The molecule has 2 rings (SSSR count). The molecule has 0 radical (unpaired) electrons. The smallest absolute Gasteiger partial charge is 0.202 e. The Balaban J connectivity index is 2.64. The summed E-state index contributed by atoms with van der Waals surface area (Å²) in [5.41, 5.74) is 1.72. The normalized spacial score (nSPS) is 10.4. The number of para-hydroxylation sites is 1. The zero-order valence-corrected chi connectivity index (χ0v) is 13.2. The minimum Gasteiger partial charge on any atom is -0.507 e. The Kier molecular flexibility index (Phi) is 4.26. The van der Waals surface area contributed by atoms with E-state index in [9.17, 15) is 15.0 Å². The molecule has 0 aliphatic carbocycles. The number of carbonyl (C=O) groups excluding carboxylic acids is 1. The molecule has 0 aliphatic rings. The summed E-state index contributed by atoms with van der Waals surface area (Å²) >= 11 is 0. The van der Waals surface area contributed by atoms with Crippen LogP contribution in [0.25, 0.3) is 0 Å². The zero-order chi connectivity index (χ0) is 16.4. The van der Waals surface area contributed by atoms with Gasteiger partial charge < -0.3 is 20.0 Å². The molecule has 0 spiro atoms. The second-order valence-corrected chi connectivity index (χ2v) is 5.49. The molecule has 116 valence electrons. The Hall–Kier alpha value is -2.69. The van der Waals surface area contributed by atoms with Crippen molar-refractivity contribution in [1.29, 1.82) is 0 Å². The first-order valence-corrected chi connectivity index (χ1v) is 6.87. The lowest BCUT2D eigenvalue weighted by molar-refractivity contribution is 0.103. The molecule has 0 amide bonds. The van der Waals surface area contributed by atoms with Gasteiger partial charge in [0.15, 0.2) is 0 Å². The minimum atomic E-state index is -0.412. The molecule has 0 heterocycles. The molecule has 2 N–H and O–H groups in total. The third kappa shape index (κ3) is 2.83. The Bertz CT molecular complexity index is 709. The zero-order valence-electron chi connectivity index (χ0n) is 13.2. The SMILES string of the molecule is CN(C)c1cc(O)c(C(=O)c2ccccc2O)c(N(C)C)c1. The van der Waals surface area contributed by atoms with Gasteiger partial charge in [0.2, 0.25) is 5.78 Å². The molecule has 0 bridgehead atoms. The van der Waals surface area contributed by atoms with Crippen molar-refractivity contribution in [3.05, 3.63) is 47.5 Å². The molecule has 0 aromatic heterocycles. The lowest BCUT2D eigenvalue weighted by atomic mass is 9.98. The van der Waals surface area contributed by atoms with Gasteiger partial charge in [-0.25, -0.2) is 0 Å². The van der Waals surface area contributed by atoms with E-state index in [0.717, 1.165) is 5.69 Å². The molecule has 0 saturated heterocycles. The van der Waals surface area contributed by atoms with E-state index in [-0.39, 0.29) is 22.6 Å². The highest BCUT2D eigenvalue weighted by atomic mass is 16.3. The van der Waals surface area contributed by atoms with Crippen LogP contribution in [0.4, 0.5) is 11.4 Å². The van der Waals surface area contributed by atoms with Gasteiger partial charge in [-0.15, -0.1) is 0 Å². The van der Waals surface area contributed by atoms with Crippen molar-refractivity contribution in [2.45, 2.75) is 0 Å². The summed E-state index contributed by atoms with van der Waals surface area (Å²) < 4.78 is 0. The highest BCUT2D eigenvalue weighted by Gasteiger charge is 2.23. The number of anilines is 2. The summed E-state index contributed by atoms with van der Waals surface area (Å²) in [5, 5.41) is 20.2. The Labute approximate surface area is 130 Å². The van der Waals surface area contributed by atoms with Crippen LogP contribution in [0.3, 0.4) is 0 Å². The van der Waals surface area contributed by atoms with Crippen LogP contribution in [0.5, 0.6) is 11.5 Å². The molecular formula is C17H20N2O3. The second kappa shape index (κ2) is 5.97. The number of hydrogen-bond donors (Lipinski definition) is 2. The topological polar surface area (TPSA) is 64.0 Å². The molecule has 2 aromatic carbocycles. The lowest BCUT2D eigenvalue weighted by Gasteiger charge is -2.22. The van der Waals surface area contributed by atoms with E-state index in [4.69, 9.17) is 0 Å². The van der Waals surface area contributed by atoms with E-state index >= 15 is 0 Å². The molecule has 5 heteroatoms. The van der Waals surface area contributed by atoms with Crippen LogP contribution < -0.4 is 9.80 Å². The predicted molar refractivity (Wildman–Crippen MR) is 88.3 cm³/mol. The summed E-state index contributed by atoms with van der Waals surface area (Å²) in [7, 11) is 7.32. The maximum Gasteiger partial charge on any atom is 0.202 e. The van der Waals surface area contributed by atoms with Crippen LogP contribution in [-0.2, 0) is 0 Å². The van der Waals surface area contributed by atoms with Gasteiger partial charge in [0, 0.05) is 39.9 Å². The van der Waals surface area contributed by atoms with E-state index in [2.05, 4.69) is 0 Å². The molecular weight excluding hydrogens is 280 g/mol. The number of ketones is 1. The van der Waals surface area contributed by atoms with Crippen LogP contribution >= 0.6 is 0 Å². The Morgan fingerprint density at radius 1 is 0.909 bits per heavy atom. The largest absolute Gasteiger partial charge is 0.507 e. The average Bonchev–Trinajstić information content (AvgIpc) is 2.46. The van der Waals surface area contributed by atoms with Gasteiger partial charge in [-0.1, -0.05) is 12.1 Å². The van der Waals surface area contributed by atoms with Crippen molar-refractivity contribution >= 4 is 17.2 Å². The van der Waals surface area contributed by atoms with Gasteiger partial charge in [-0.05, 0) is 18.2 Å². The molecule has 0 unspecified atom stereocenters. The van der Waals surface area contributed by atoms with E-state index in [1.165, 1.54) is 12.1 Å². The van der Waals surface area contributed by atoms with Crippen molar-refractivity contribution < 1.29 is 15.0 Å². The monoisotopic (exact) mass is 300 g/mol. The molecule has 0 aliphatic heterocycles. The predicted octanol–water partition coefficient (Wildman–Crippen LogP) is 2.46. The van der Waals surface area contributed by atoms with Gasteiger partial charge in [-0.2, -0.15) is 0 Å². The van der Waals surface area contributed by atoms with E-state index in [0.29, 0.717) is 5.69 Å². The van der Waals surface area contributed by atoms with Gasteiger partial charge in [0.25, 0.3) is 0 Å². The third-order valence-corrected chi connectivity index (χ3v) is 3.46. The molecule has 22 heavy (non-hydrogen) atoms. The first-order chi connectivity index (χ1) is 10.3. The summed E-state index contributed by atoms with van der Waals surface area (Å²) in [6.45, 7) is 0. The van der Waals surface area contributed by atoms with Crippen molar-refractivity contribution in [2.75, 3.05) is 38.0 Å². The number of carbonyl (C=O) groups is 1. The van der Waals surface area contributed by atoms with E-state index < -0.39 is 5.78 Å². The van der Waals surface area contributed by atoms with Crippen LogP contribution in [-0.4, -0.2) is 44.2 Å². The molecule has 0 saturated carbocycles. The molecule has 2 aromatic rings. The lowest BCUT2D eigenvalue weighted by Crippen LogP contribution is -2.17. The number of phenols is 2. The van der Waals surface area contributed by atoms with Crippen LogP contribution in [0, 0.1) is 0 Å². The Morgan fingerprint density at radius 3 is 2.09 bits per heavy atom. The summed E-state index contributed by atoms with van der Waals surface area (Å²) in [6.07, 6.45) is 0. The second-order valence-electron chi connectivity index (χ2n) is 5.49. The summed E-state index contributed by atoms with van der Waals surface area (Å²) in [4.78, 5) is 16.3. The first kappa shape index (κ1) is 15.7. The minimum absolute atomic E-state index is 0.103. The van der Waals surface area contributed by atoms with E-state index in [1.807, 2.05) is 25.1 Å². The molecule has 0 atom stereocenters. The van der Waals surface area contributed by atoms with Crippen molar-refractivity contribution in [3.63, 3.8) is 0 Å². The molecule has 0 fully saturated rings. The maximum atomic E-state index is 12.7. The van der Waals surface area contributed by atoms with Crippen molar-refractivity contribution in [1.82, 2.24) is 0 Å². The van der Waals surface area contributed by atoms with Crippen LogP contribution in [0.15, 0.2) is 36.4 Å². The van der Waals surface area contributed by atoms with Gasteiger partial charge in [0.1, 0.15) is 11.5 Å². The van der Waals surface area contributed by atoms with Gasteiger partial charge in [0.05, 0.1) is 16.8 Å².